The second kappa shape index (κ2) is 4.10. The van der Waals surface area contributed by atoms with Gasteiger partial charge in [0.25, 0.3) is 0 Å². The SMILES string of the molecule is CSc1ncc2c(n1)N1C(=NCC1C)C(Br)=C2. The maximum absolute atomic E-state index is 4.59. The molecule has 0 radical (unpaired) electrons. The first-order chi connectivity index (χ1) is 8.20. The molecular formula is C11H11BrN4S. The molecule has 17 heavy (non-hydrogen) atoms. The summed E-state index contributed by atoms with van der Waals surface area (Å²) in [6.45, 7) is 2.98. The number of rotatable bonds is 1. The molecule has 2 aliphatic rings. The number of hydrogen-bond acceptors (Lipinski definition) is 5. The largest absolute Gasteiger partial charge is 0.305 e. The van der Waals surface area contributed by atoms with E-state index in [2.05, 4.69) is 42.7 Å². The van der Waals surface area contributed by atoms with Crippen LogP contribution in [0.5, 0.6) is 0 Å². The molecule has 0 amide bonds. The molecule has 0 saturated heterocycles. The lowest BCUT2D eigenvalue weighted by Gasteiger charge is -2.28. The molecule has 0 saturated carbocycles. The second-order valence-electron chi connectivity index (χ2n) is 4.01. The van der Waals surface area contributed by atoms with E-state index >= 15 is 0 Å². The van der Waals surface area contributed by atoms with Crippen molar-refractivity contribution in [2.24, 2.45) is 4.99 Å². The topological polar surface area (TPSA) is 41.4 Å². The Balaban J connectivity index is 2.18. The van der Waals surface area contributed by atoms with E-state index in [1.165, 1.54) is 0 Å². The molecule has 0 aromatic carbocycles. The maximum Gasteiger partial charge on any atom is 0.189 e. The van der Waals surface area contributed by atoms with E-state index in [4.69, 9.17) is 0 Å². The summed E-state index contributed by atoms with van der Waals surface area (Å²) in [5.41, 5.74) is 1.04. The average molecular weight is 311 g/mol. The van der Waals surface area contributed by atoms with Crippen LogP contribution in [0.4, 0.5) is 5.82 Å². The summed E-state index contributed by atoms with van der Waals surface area (Å²) in [6, 6.07) is 0.356. The molecule has 0 fully saturated rings. The molecule has 1 unspecified atom stereocenters. The number of hydrogen-bond donors (Lipinski definition) is 0. The van der Waals surface area contributed by atoms with Crippen LogP contribution >= 0.6 is 27.7 Å². The van der Waals surface area contributed by atoms with Crippen LogP contribution in [0.2, 0.25) is 0 Å². The van der Waals surface area contributed by atoms with Gasteiger partial charge in [-0.2, -0.15) is 0 Å². The Labute approximate surface area is 112 Å². The standard InChI is InChI=1S/C11H11BrN4S/c1-6-4-13-10-8(12)3-7-5-14-11(17-2)15-9(7)16(6)10/h3,5-6H,4H2,1-2H3. The van der Waals surface area contributed by atoms with Gasteiger partial charge in [0.2, 0.25) is 0 Å². The highest BCUT2D eigenvalue weighted by atomic mass is 79.9. The molecule has 0 spiro atoms. The lowest BCUT2D eigenvalue weighted by molar-refractivity contribution is 0.765. The third-order valence-electron chi connectivity index (χ3n) is 2.85. The van der Waals surface area contributed by atoms with Crippen molar-refractivity contribution in [1.29, 1.82) is 0 Å². The number of aromatic nitrogens is 2. The maximum atomic E-state index is 4.59. The zero-order chi connectivity index (χ0) is 12.0. The minimum Gasteiger partial charge on any atom is -0.305 e. The molecule has 0 bridgehead atoms. The molecule has 3 rings (SSSR count). The van der Waals surface area contributed by atoms with Gasteiger partial charge in [-0.25, -0.2) is 9.97 Å². The van der Waals surface area contributed by atoms with E-state index in [9.17, 15) is 0 Å². The third-order valence-corrected chi connectivity index (χ3v) is 4.00. The van der Waals surface area contributed by atoms with Crippen LogP contribution in [0.3, 0.4) is 0 Å². The van der Waals surface area contributed by atoms with Gasteiger partial charge < -0.3 is 4.90 Å². The molecule has 1 atom stereocenters. The highest BCUT2D eigenvalue weighted by Gasteiger charge is 2.33. The van der Waals surface area contributed by atoms with Crippen LogP contribution in [0.25, 0.3) is 6.08 Å². The van der Waals surface area contributed by atoms with Crippen molar-refractivity contribution in [3.8, 4) is 0 Å². The number of anilines is 1. The monoisotopic (exact) mass is 310 g/mol. The van der Waals surface area contributed by atoms with E-state index in [1.807, 2.05) is 18.5 Å². The summed E-state index contributed by atoms with van der Waals surface area (Å²) in [4.78, 5) is 15.6. The predicted octanol–water partition coefficient (Wildman–Crippen LogP) is 2.55. The molecule has 3 heterocycles. The molecule has 0 aliphatic carbocycles. The summed E-state index contributed by atoms with van der Waals surface area (Å²) >= 11 is 5.11. The first kappa shape index (κ1) is 11.2. The number of halogens is 1. The minimum absolute atomic E-state index is 0.356. The highest BCUT2D eigenvalue weighted by Crippen LogP contribution is 2.35. The quantitative estimate of drug-likeness (QED) is 0.590. The summed E-state index contributed by atoms with van der Waals surface area (Å²) in [7, 11) is 0. The second-order valence-corrected chi connectivity index (χ2v) is 5.64. The zero-order valence-corrected chi connectivity index (χ0v) is 11.9. The van der Waals surface area contributed by atoms with E-state index in [0.29, 0.717) is 6.04 Å². The Morgan fingerprint density at radius 1 is 1.53 bits per heavy atom. The van der Waals surface area contributed by atoms with Gasteiger partial charge in [0.1, 0.15) is 11.7 Å². The van der Waals surface area contributed by atoms with Crippen molar-refractivity contribution in [1.82, 2.24) is 9.97 Å². The smallest absolute Gasteiger partial charge is 0.189 e. The molecule has 0 N–H and O–H groups in total. The summed E-state index contributed by atoms with van der Waals surface area (Å²) in [5.74, 6) is 1.95. The number of aliphatic imine (C=N–C) groups is 1. The predicted molar refractivity (Wildman–Crippen MR) is 75.0 cm³/mol. The van der Waals surface area contributed by atoms with Crippen molar-refractivity contribution in [2.45, 2.75) is 18.1 Å². The Kier molecular flexibility index (Phi) is 2.71. The fraction of sp³-hybridized carbons (Fsp3) is 0.364. The third kappa shape index (κ3) is 1.70. The van der Waals surface area contributed by atoms with Gasteiger partial charge in [0.15, 0.2) is 5.16 Å². The van der Waals surface area contributed by atoms with Gasteiger partial charge in [-0.1, -0.05) is 11.8 Å². The van der Waals surface area contributed by atoms with Gasteiger partial charge in [0, 0.05) is 11.8 Å². The number of thioether (sulfide) groups is 1. The van der Waals surface area contributed by atoms with Crippen molar-refractivity contribution < 1.29 is 0 Å². The first-order valence-electron chi connectivity index (χ1n) is 5.33. The van der Waals surface area contributed by atoms with Crippen LogP contribution < -0.4 is 4.90 Å². The molecular weight excluding hydrogens is 300 g/mol. The Morgan fingerprint density at radius 2 is 2.35 bits per heavy atom. The van der Waals surface area contributed by atoms with Gasteiger partial charge in [-0.3, -0.25) is 4.99 Å². The molecule has 1 aromatic heterocycles. The Bertz CT molecular complexity index is 540. The molecule has 4 nitrogen and oxygen atoms in total. The Morgan fingerprint density at radius 3 is 3.12 bits per heavy atom. The van der Waals surface area contributed by atoms with Gasteiger partial charge in [-0.05, 0) is 35.2 Å². The zero-order valence-electron chi connectivity index (χ0n) is 9.51. The molecule has 2 aliphatic heterocycles. The van der Waals surface area contributed by atoms with Crippen molar-refractivity contribution in [3.63, 3.8) is 0 Å². The highest BCUT2D eigenvalue weighted by molar-refractivity contribution is 9.12. The van der Waals surface area contributed by atoms with Gasteiger partial charge >= 0.3 is 0 Å². The number of amidine groups is 1. The first-order valence-corrected chi connectivity index (χ1v) is 7.34. The van der Waals surface area contributed by atoms with Gasteiger partial charge in [0.05, 0.1) is 17.1 Å². The summed E-state index contributed by atoms with van der Waals surface area (Å²) < 4.78 is 1.01. The van der Waals surface area contributed by atoms with E-state index in [-0.39, 0.29) is 0 Å². The van der Waals surface area contributed by atoms with Crippen molar-refractivity contribution in [2.75, 3.05) is 17.7 Å². The summed E-state index contributed by atoms with van der Waals surface area (Å²) in [5, 5.41) is 0.800. The van der Waals surface area contributed by atoms with Crippen LogP contribution in [-0.2, 0) is 0 Å². The lowest BCUT2D eigenvalue weighted by Crippen LogP contribution is -2.37. The number of fused-ring (bicyclic) bond motifs is 3. The Hall–Kier alpha value is -0.880. The summed E-state index contributed by atoms with van der Waals surface area (Å²) in [6.07, 6.45) is 5.89. The molecule has 1 aromatic rings. The van der Waals surface area contributed by atoms with E-state index in [0.717, 1.165) is 33.4 Å². The van der Waals surface area contributed by atoms with Crippen LogP contribution in [-0.4, -0.2) is 34.6 Å². The average Bonchev–Trinajstić information content (AvgIpc) is 2.72. The van der Waals surface area contributed by atoms with Crippen LogP contribution in [0, 0.1) is 0 Å². The lowest BCUT2D eigenvalue weighted by atomic mass is 10.1. The normalized spacial score (nSPS) is 21.8. The van der Waals surface area contributed by atoms with Crippen molar-refractivity contribution in [3.05, 3.63) is 16.2 Å². The van der Waals surface area contributed by atoms with E-state index < -0.39 is 0 Å². The van der Waals surface area contributed by atoms with Crippen LogP contribution in [0.1, 0.15) is 12.5 Å². The van der Waals surface area contributed by atoms with Crippen LogP contribution in [0.15, 0.2) is 20.8 Å². The van der Waals surface area contributed by atoms with Crippen molar-refractivity contribution >= 4 is 45.4 Å². The fourth-order valence-corrected chi connectivity index (χ4v) is 2.94. The molecule has 88 valence electrons. The minimum atomic E-state index is 0.356. The fourth-order valence-electron chi connectivity index (χ4n) is 2.05. The molecule has 6 heteroatoms. The van der Waals surface area contributed by atoms with E-state index in [1.54, 1.807) is 11.8 Å². The number of nitrogens with zero attached hydrogens (tertiary/aromatic N) is 4. The van der Waals surface area contributed by atoms with Gasteiger partial charge in [-0.15, -0.1) is 0 Å².